The van der Waals surface area contributed by atoms with Crippen molar-refractivity contribution in [3.05, 3.63) is 12.7 Å². The maximum atomic E-state index is 9.64. The lowest BCUT2D eigenvalue weighted by atomic mass is 10.1. The van der Waals surface area contributed by atoms with Crippen molar-refractivity contribution in [2.45, 2.75) is 44.2 Å². The highest BCUT2D eigenvalue weighted by Gasteiger charge is 2.55. The van der Waals surface area contributed by atoms with Gasteiger partial charge in [-0.1, -0.05) is 0 Å². The molecule has 10 nitrogen and oxygen atoms in total. The molecule has 1 N–H and O–H groups in total. The van der Waals surface area contributed by atoms with E-state index < -0.39 is 18.1 Å². The molecular weight excluding hydrogens is 340 g/mol. The summed E-state index contributed by atoms with van der Waals surface area (Å²) in [5.74, 6) is -0.267. The number of hydrogen-bond acceptors (Lipinski definition) is 8. The van der Waals surface area contributed by atoms with Gasteiger partial charge in [-0.05, 0) is 13.8 Å². The average molecular weight is 362 g/mol. The fraction of sp³-hybridized carbons (Fsp3) is 0.625. The van der Waals surface area contributed by atoms with Crippen molar-refractivity contribution >= 4 is 23.3 Å². The minimum atomic E-state index is -0.739. The van der Waals surface area contributed by atoms with E-state index in [0.717, 1.165) is 0 Å². The molecule has 0 aromatic carbocycles. The predicted molar refractivity (Wildman–Crippen MR) is 92.0 cm³/mol. The standard InChI is InChI=1S/C16H22N6O4/c1-16(2)25-11-9(5-23)24-15(12(11)26-16)22-8-19-10-13(20-7-21(3)4)17-6-18-14(10)22/h6-9,11-12,15,23H,5H2,1-4H3/t9-,11-,12-,15-/m1/s1. The van der Waals surface area contributed by atoms with Crippen LogP contribution in [-0.2, 0) is 14.2 Å². The highest BCUT2D eigenvalue weighted by atomic mass is 16.8. The van der Waals surface area contributed by atoms with Crippen molar-refractivity contribution in [1.29, 1.82) is 0 Å². The summed E-state index contributed by atoms with van der Waals surface area (Å²) in [6, 6.07) is 0. The summed E-state index contributed by atoms with van der Waals surface area (Å²) in [5, 5.41) is 9.64. The number of hydrogen-bond donors (Lipinski definition) is 1. The number of ether oxygens (including phenoxy) is 3. The molecule has 0 saturated carbocycles. The zero-order valence-corrected chi connectivity index (χ0v) is 15.1. The number of aromatic nitrogens is 4. The second-order valence-electron chi connectivity index (χ2n) is 7.04. The lowest BCUT2D eigenvalue weighted by Crippen LogP contribution is -2.31. The highest BCUT2D eigenvalue weighted by Crippen LogP contribution is 2.43. The van der Waals surface area contributed by atoms with Gasteiger partial charge in [-0.15, -0.1) is 0 Å². The molecule has 4 rings (SSSR count). The molecule has 2 fully saturated rings. The van der Waals surface area contributed by atoms with Gasteiger partial charge in [-0.3, -0.25) is 4.57 Å². The number of fused-ring (bicyclic) bond motifs is 2. The van der Waals surface area contributed by atoms with E-state index in [9.17, 15) is 5.11 Å². The summed E-state index contributed by atoms with van der Waals surface area (Å²) >= 11 is 0. The molecule has 2 aliphatic heterocycles. The molecule has 0 aliphatic carbocycles. The van der Waals surface area contributed by atoms with Crippen molar-refractivity contribution < 1.29 is 19.3 Å². The molecule has 140 valence electrons. The monoisotopic (exact) mass is 362 g/mol. The predicted octanol–water partition coefficient (Wildman–Crippen LogP) is 0.457. The van der Waals surface area contributed by atoms with E-state index in [1.165, 1.54) is 6.33 Å². The van der Waals surface area contributed by atoms with Gasteiger partial charge >= 0.3 is 0 Å². The van der Waals surface area contributed by atoms with Crippen LogP contribution in [0.3, 0.4) is 0 Å². The van der Waals surface area contributed by atoms with E-state index in [0.29, 0.717) is 17.0 Å². The quantitative estimate of drug-likeness (QED) is 0.617. The number of aliphatic hydroxyl groups excluding tert-OH is 1. The number of nitrogens with zero attached hydrogens (tertiary/aromatic N) is 6. The second kappa shape index (κ2) is 6.23. The normalized spacial score (nSPS) is 30.3. The van der Waals surface area contributed by atoms with Gasteiger partial charge in [0.15, 0.2) is 29.0 Å². The molecule has 2 aromatic heterocycles. The van der Waals surface area contributed by atoms with Gasteiger partial charge in [0.25, 0.3) is 0 Å². The van der Waals surface area contributed by atoms with E-state index in [1.54, 1.807) is 17.2 Å². The van der Waals surface area contributed by atoms with Gasteiger partial charge in [0.05, 0.1) is 19.3 Å². The first-order chi connectivity index (χ1) is 12.4. The lowest BCUT2D eigenvalue weighted by molar-refractivity contribution is -0.199. The van der Waals surface area contributed by atoms with Crippen molar-refractivity contribution in [3.63, 3.8) is 0 Å². The van der Waals surface area contributed by atoms with Crippen molar-refractivity contribution in [1.82, 2.24) is 24.4 Å². The van der Waals surface area contributed by atoms with Crippen LogP contribution in [-0.4, -0.2) is 80.7 Å². The molecule has 4 heterocycles. The minimum absolute atomic E-state index is 0.156. The Balaban J connectivity index is 1.72. The van der Waals surface area contributed by atoms with Crippen LogP contribution in [0.2, 0.25) is 0 Å². The highest BCUT2D eigenvalue weighted by molar-refractivity contribution is 5.82. The molecule has 2 aliphatic rings. The summed E-state index contributed by atoms with van der Waals surface area (Å²) in [5.41, 5.74) is 1.15. The molecule has 4 atom stereocenters. The Labute approximate surface area is 150 Å². The molecule has 2 saturated heterocycles. The van der Waals surface area contributed by atoms with Gasteiger partial charge in [0.1, 0.15) is 24.6 Å². The summed E-state index contributed by atoms with van der Waals surface area (Å²) in [7, 11) is 3.75. The van der Waals surface area contributed by atoms with E-state index in [4.69, 9.17) is 14.2 Å². The number of aliphatic imine (C=N–C) groups is 1. The molecule has 10 heteroatoms. The Kier molecular flexibility index (Phi) is 4.14. The van der Waals surface area contributed by atoms with Gasteiger partial charge < -0.3 is 24.2 Å². The van der Waals surface area contributed by atoms with Crippen molar-refractivity contribution in [2.75, 3.05) is 20.7 Å². The summed E-state index contributed by atoms with van der Waals surface area (Å²) in [6.07, 6.45) is 3.01. The molecule has 0 bridgehead atoms. The Bertz CT molecular complexity index is 835. The Hall–Kier alpha value is -2.14. The Morgan fingerprint density at radius 1 is 1.27 bits per heavy atom. The summed E-state index contributed by atoms with van der Waals surface area (Å²) in [6.45, 7) is 3.54. The summed E-state index contributed by atoms with van der Waals surface area (Å²) < 4.78 is 19.7. The molecular formula is C16H22N6O4. The average Bonchev–Trinajstić information content (AvgIpc) is 3.23. The first-order valence-corrected chi connectivity index (χ1v) is 8.40. The van der Waals surface area contributed by atoms with E-state index in [1.807, 2.05) is 32.8 Å². The first kappa shape index (κ1) is 17.3. The van der Waals surface area contributed by atoms with E-state index in [2.05, 4.69) is 19.9 Å². The third kappa shape index (κ3) is 2.84. The fourth-order valence-electron chi connectivity index (χ4n) is 3.32. The topological polar surface area (TPSA) is 107 Å². The van der Waals surface area contributed by atoms with Crippen LogP contribution < -0.4 is 0 Å². The molecule has 0 unspecified atom stereocenters. The van der Waals surface area contributed by atoms with Crippen molar-refractivity contribution in [2.24, 2.45) is 4.99 Å². The van der Waals surface area contributed by atoms with Crippen LogP contribution in [0.15, 0.2) is 17.6 Å². The summed E-state index contributed by atoms with van der Waals surface area (Å²) in [4.78, 5) is 19.1. The zero-order valence-electron chi connectivity index (χ0n) is 15.1. The van der Waals surface area contributed by atoms with E-state index in [-0.39, 0.29) is 18.8 Å². The van der Waals surface area contributed by atoms with Crippen LogP contribution in [0.5, 0.6) is 0 Å². The van der Waals surface area contributed by atoms with Crippen LogP contribution in [0.25, 0.3) is 11.2 Å². The molecule has 0 radical (unpaired) electrons. The van der Waals surface area contributed by atoms with Crippen LogP contribution >= 0.6 is 0 Å². The SMILES string of the molecule is CN(C)C=Nc1ncnc2c1ncn2[C@@H]1O[C@H](CO)[C@H]2OC(C)(C)O[C@H]21. The smallest absolute Gasteiger partial charge is 0.184 e. The molecule has 2 aromatic rings. The first-order valence-electron chi connectivity index (χ1n) is 8.40. The zero-order chi connectivity index (χ0) is 18.5. The van der Waals surface area contributed by atoms with Gasteiger partial charge in [-0.2, -0.15) is 0 Å². The van der Waals surface area contributed by atoms with Crippen LogP contribution in [0, 0.1) is 0 Å². The fourth-order valence-corrected chi connectivity index (χ4v) is 3.32. The lowest BCUT2D eigenvalue weighted by Gasteiger charge is -2.24. The van der Waals surface area contributed by atoms with Gasteiger partial charge in [-0.25, -0.2) is 19.9 Å². The third-order valence-electron chi connectivity index (χ3n) is 4.33. The van der Waals surface area contributed by atoms with Crippen LogP contribution in [0.4, 0.5) is 5.82 Å². The minimum Gasteiger partial charge on any atom is -0.394 e. The van der Waals surface area contributed by atoms with Gasteiger partial charge in [0.2, 0.25) is 0 Å². The Morgan fingerprint density at radius 2 is 2.04 bits per heavy atom. The number of imidazole rings is 1. The maximum Gasteiger partial charge on any atom is 0.184 e. The third-order valence-corrected chi connectivity index (χ3v) is 4.33. The van der Waals surface area contributed by atoms with Crippen molar-refractivity contribution in [3.8, 4) is 0 Å². The van der Waals surface area contributed by atoms with Crippen LogP contribution in [0.1, 0.15) is 20.1 Å². The van der Waals surface area contributed by atoms with Gasteiger partial charge in [0, 0.05) is 14.1 Å². The molecule has 26 heavy (non-hydrogen) atoms. The number of rotatable bonds is 4. The largest absolute Gasteiger partial charge is 0.394 e. The Morgan fingerprint density at radius 3 is 2.77 bits per heavy atom. The number of aliphatic hydroxyl groups is 1. The molecule has 0 spiro atoms. The molecule has 0 amide bonds. The maximum absolute atomic E-state index is 9.64. The van der Waals surface area contributed by atoms with E-state index >= 15 is 0 Å². The second-order valence-corrected chi connectivity index (χ2v) is 7.04.